The minimum atomic E-state index is 0.503. The molecule has 0 radical (unpaired) electrons. The van der Waals surface area contributed by atoms with Crippen LogP contribution in [0, 0.1) is 0 Å². The summed E-state index contributed by atoms with van der Waals surface area (Å²) in [4.78, 5) is 5.52. The number of nitrogens with zero attached hydrogens (tertiary/aromatic N) is 1. The highest BCUT2D eigenvalue weighted by Gasteiger charge is 2.14. The van der Waals surface area contributed by atoms with E-state index in [-0.39, 0.29) is 0 Å². The van der Waals surface area contributed by atoms with Gasteiger partial charge in [0.15, 0.2) is 0 Å². The highest BCUT2D eigenvalue weighted by molar-refractivity contribution is 4.63. The second-order valence-electron chi connectivity index (χ2n) is 3.18. The van der Waals surface area contributed by atoms with Gasteiger partial charge in [0.25, 0.3) is 0 Å². The number of rotatable bonds is 2. The molecule has 2 heteroatoms. The molecule has 0 atom stereocenters. The molecule has 0 heterocycles. The standard InChI is InChI=1S/C8H17NO/c1-9(2)10-8-6-4-3-5-7-8/h8H,3-7H2,1-2H3. The Morgan fingerprint density at radius 3 is 2.20 bits per heavy atom. The number of hydrogen-bond acceptors (Lipinski definition) is 2. The summed E-state index contributed by atoms with van der Waals surface area (Å²) in [5.74, 6) is 0. The first-order valence-electron chi connectivity index (χ1n) is 4.13. The minimum absolute atomic E-state index is 0.503. The van der Waals surface area contributed by atoms with Crippen molar-refractivity contribution in [1.82, 2.24) is 5.06 Å². The Labute approximate surface area is 63.1 Å². The second-order valence-corrected chi connectivity index (χ2v) is 3.18. The molecule has 0 aromatic carbocycles. The van der Waals surface area contributed by atoms with Crippen LogP contribution in [0.15, 0.2) is 0 Å². The average molecular weight is 143 g/mol. The molecule has 1 aliphatic carbocycles. The first-order chi connectivity index (χ1) is 4.79. The first-order valence-corrected chi connectivity index (χ1v) is 4.13. The van der Waals surface area contributed by atoms with Gasteiger partial charge in [-0.3, -0.25) is 4.84 Å². The van der Waals surface area contributed by atoms with Gasteiger partial charge >= 0.3 is 0 Å². The molecule has 0 aromatic rings. The van der Waals surface area contributed by atoms with Gasteiger partial charge in [0, 0.05) is 14.1 Å². The lowest BCUT2D eigenvalue weighted by atomic mass is 9.98. The fraction of sp³-hybridized carbons (Fsp3) is 1.00. The Morgan fingerprint density at radius 1 is 1.10 bits per heavy atom. The van der Waals surface area contributed by atoms with Crippen molar-refractivity contribution >= 4 is 0 Å². The van der Waals surface area contributed by atoms with Crippen LogP contribution in [0.5, 0.6) is 0 Å². The van der Waals surface area contributed by atoms with Gasteiger partial charge in [0.2, 0.25) is 0 Å². The molecule has 0 unspecified atom stereocenters. The smallest absolute Gasteiger partial charge is 0.0793 e. The zero-order valence-corrected chi connectivity index (χ0v) is 6.97. The lowest BCUT2D eigenvalue weighted by Gasteiger charge is -2.24. The quantitative estimate of drug-likeness (QED) is 0.547. The third-order valence-corrected chi connectivity index (χ3v) is 1.91. The highest BCUT2D eigenvalue weighted by Crippen LogP contribution is 2.20. The zero-order valence-electron chi connectivity index (χ0n) is 6.97. The van der Waals surface area contributed by atoms with Gasteiger partial charge in [0.1, 0.15) is 0 Å². The molecule has 0 aromatic heterocycles. The third-order valence-electron chi connectivity index (χ3n) is 1.91. The Morgan fingerprint density at radius 2 is 1.70 bits per heavy atom. The van der Waals surface area contributed by atoms with E-state index in [1.165, 1.54) is 32.1 Å². The van der Waals surface area contributed by atoms with Crippen molar-refractivity contribution in [3.8, 4) is 0 Å². The molecule has 0 amide bonds. The van der Waals surface area contributed by atoms with E-state index >= 15 is 0 Å². The van der Waals surface area contributed by atoms with Crippen molar-refractivity contribution in [3.63, 3.8) is 0 Å². The van der Waals surface area contributed by atoms with Gasteiger partial charge < -0.3 is 0 Å². The summed E-state index contributed by atoms with van der Waals surface area (Å²) in [5, 5.41) is 1.82. The molecule has 0 N–H and O–H groups in total. The van der Waals surface area contributed by atoms with Gasteiger partial charge in [-0.1, -0.05) is 19.3 Å². The Bertz CT molecular complexity index is 87.3. The van der Waals surface area contributed by atoms with Crippen LogP contribution < -0.4 is 0 Å². The summed E-state index contributed by atoms with van der Waals surface area (Å²) in [5.41, 5.74) is 0. The van der Waals surface area contributed by atoms with Crippen LogP contribution in [-0.4, -0.2) is 25.3 Å². The molecule has 1 saturated carbocycles. The molecule has 1 rings (SSSR count). The molecular formula is C8H17NO. The van der Waals surface area contributed by atoms with Crippen LogP contribution in [0.4, 0.5) is 0 Å². The molecule has 10 heavy (non-hydrogen) atoms. The molecule has 60 valence electrons. The lowest BCUT2D eigenvalue weighted by Crippen LogP contribution is -2.24. The van der Waals surface area contributed by atoms with E-state index in [4.69, 9.17) is 4.84 Å². The predicted octanol–water partition coefficient (Wildman–Crippen LogP) is 1.81. The molecule has 0 spiro atoms. The molecule has 0 aliphatic heterocycles. The minimum Gasteiger partial charge on any atom is -0.296 e. The maximum atomic E-state index is 5.52. The maximum absolute atomic E-state index is 5.52. The van der Waals surface area contributed by atoms with Crippen LogP contribution >= 0.6 is 0 Å². The molecule has 0 saturated heterocycles. The normalized spacial score (nSPS) is 21.9. The van der Waals surface area contributed by atoms with Gasteiger partial charge in [-0.2, -0.15) is 5.06 Å². The van der Waals surface area contributed by atoms with Crippen molar-refractivity contribution < 1.29 is 4.84 Å². The van der Waals surface area contributed by atoms with Crippen LogP contribution in [0.1, 0.15) is 32.1 Å². The SMILES string of the molecule is CN(C)OC1CCCCC1. The van der Waals surface area contributed by atoms with Crippen LogP contribution in [0.3, 0.4) is 0 Å². The van der Waals surface area contributed by atoms with E-state index in [2.05, 4.69) is 0 Å². The van der Waals surface area contributed by atoms with Gasteiger partial charge in [-0.25, -0.2) is 0 Å². The third kappa shape index (κ3) is 2.67. The summed E-state index contributed by atoms with van der Waals surface area (Å²) in [7, 11) is 3.91. The highest BCUT2D eigenvalue weighted by atomic mass is 16.7. The molecule has 0 bridgehead atoms. The van der Waals surface area contributed by atoms with Gasteiger partial charge in [-0.15, -0.1) is 0 Å². The summed E-state index contributed by atoms with van der Waals surface area (Å²) >= 11 is 0. The first kappa shape index (κ1) is 8.02. The molecular weight excluding hydrogens is 126 g/mol. The molecule has 1 aliphatic rings. The van der Waals surface area contributed by atoms with E-state index in [1.54, 1.807) is 0 Å². The summed E-state index contributed by atoms with van der Waals surface area (Å²) in [6, 6.07) is 0. The second kappa shape index (κ2) is 3.94. The largest absolute Gasteiger partial charge is 0.296 e. The van der Waals surface area contributed by atoms with Crippen LogP contribution in [0.2, 0.25) is 0 Å². The van der Waals surface area contributed by atoms with Crippen molar-refractivity contribution in [1.29, 1.82) is 0 Å². The van der Waals surface area contributed by atoms with Gasteiger partial charge in [-0.05, 0) is 12.8 Å². The van der Waals surface area contributed by atoms with Crippen molar-refractivity contribution in [3.05, 3.63) is 0 Å². The van der Waals surface area contributed by atoms with Crippen molar-refractivity contribution in [2.75, 3.05) is 14.1 Å². The fourth-order valence-electron chi connectivity index (χ4n) is 1.47. The number of hydroxylamine groups is 2. The topological polar surface area (TPSA) is 12.5 Å². The maximum Gasteiger partial charge on any atom is 0.0793 e. The number of hydrogen-bond donors (Lipinski definition) is 0. The summed E-state index contributed by atoms with van der Waals surface area (Å²) in [6.07, 6.45) is 7.09. The zero-order chi connectivity index (χ0) is 7.40. The van der Waals surface area contributed by atoms with E-state index in [1.807, 2.05) is 19.2 Å². The molecule has 1 fully saturated rings. The van der Waals surface area contributed by atoms with Crippen LogP contribution in [0.25, 0.3) is 0 Å². The van der Waals surface area contributed by atoms with Crippen molar-refractivity contribution in [2.45, 2.75) is 38.2 Å². The Hall–Kier alpha value is -0.0800. The van der Waals surface area contributed by atoms with E-state index in [0.29, 0.717) is 6.10 Å². The predicted molar refractivity (Wildman–Crippen MR) is 41.6 cm³/mol. The summed E-state index contributed by atoms with van der Waals surface area (Å²) < 4.78 is 0. The lowest BCUT2D eigenvalue weighted by molar-refractivity contribution is -0.172. The molecule has 2 nitrogen and oxygen atoms in total. The van der Waals surface area contributed by atoms with Crippen LogP contribution in [-0.2, 0) is 4.84 Å². The Balaban J connectivity index is 2.13. The van der Waals surface area contributed by atoms with Crippen molar-refractivity contribution in [2.24, 2.45) is 0 Å². The fourth-order valence-corrected chi connectivity index (χ4v) is 1.47. The van der Waals surface area contributed by atoms with Gasteiger partial charge in [0.05, 0.1) is 6.10 Å². The van der Waals surface area contributed by atoms with E-state index in [0.717, 1.165) is 0 Å². The summed E-state index contributed by atoms with van der Waals surface area (Å²) in [6.45, 7) is 0. The average Bonchev–Trinajstić information content (AvgIpc) is 1.88. The van der Waals surface area contributed by atoms with E-state index in [9.17, 15) is 0 Å². The monoisotopic (exact) mass is 143 g/mol. The van der Waals surface area contributed by atoms with E-state index < -0.39 is 0 Å². The Kier molecular flexibility index (Phi) is 3.16.